The zero-order chi connectivity index (χ0) is 18.5. The first-order chi connectivity index (χ1) is 12.6. The number of hydrogen-bond donors (Lipinski definition) is 0. The highest BCUT2D eigenvalue weighted by Gasteiger charge is 2.20. The van der Waals surface area contributed by atoms with E-state index in [1.165, 1.54) is 30.7 Å². The third-order valence-electron chi connectivity index (χ3n) is 3.78. The van der Waals surface area contributed by atoms with Crippen LogP contribution in [0.25, 0.3) is 11.1 Å². The van der Waals surface area contributed by atoms with Crippen molar-refractivity contribution in [3.63, 3.8) is 0 Å². The van der Waals surface area contributed by atoms with Gasteiger partial charge in [0.1, 0.15) is 12.9 Å². The minimum atomic E-state index is -0.614. The Morgan fingerprint density at radius 2 is 1.96 bits per heavy atom. The molecule has 7 heteroatoms. The number of carbonyl (C=O) groups is 2. The second-order valence-corrected chi connectivity index (χ2v) is 5.40. The lowest BCUT2D eigenvalue weighted by Gasteiger charge is -2.11. The second kappa shape index (κ2) is 7.43. The van der Waals surface area contributed by atoms with Crippen molar-refractivity contribution >= 4 is 17.9 Å². The topological polar surface area (TPSA) is 99.7 Å². The van der Waals surface area contributed by atoms with Gasteiger partial charge in [-0.3, -0.25) is 14.9 Å². The first-order valence-corrected chi connectivity index (χ1v) is 7.61. The lowest BCUT2D eigenvalue weighted by molar-refractivity contribution is -0.385. The van der Waals surface area contributed by atoms with Gasteiger partial charge in [-0.05, 0) is 28.8 Å². The molecule has 0 saturated heterocycles. The highest BCUT2D eigenvalue weighted by Crippen LogP contribution is 2.31. The van der Waals surface area contributed by atoms with Crippen LogP contribution in [-0.4, -0.2) is 17.2 Å². The lowest BCUT2D eigenvalue weighted by Crippen LogP contribution is -2.06. The van der Waals surface area contributed by atoms with Gasteiger partial charge in [0.2, 0.25) is 0 Å². The molecule has 0 spiro atoms. The molecule has 1 aromatic heterocycles. The molecule has 2 aromatic carbocycles. The van der Waals surface area contributed by atoms with Crippen molar-refractivity contribution in [3.05, 3.63) is 87.9 Å². The molecular weight excluding hydrogens is 338 g/mol. The van der Waals surface area contributed by atoms with Crippen molar-refractivity contribution in [3.8, 4) is 11.1 Å². The molecule has 0 radical (unpaired) electrons. The van der Waals surface area contributed by atoms with Crippen LogP contribution in [0.15, 0.2) is 65.5 Å². The largest absolute Gasteiger partial charge is 0.472 e. The van der Waals surface area contributed by atoms with Crippen LogP contribution in [0.3, 0.4) is 0 Å². The highest BCUT2D eigenvalue weighted by atomic mass is 16.6. The van der Waals surface area contributed by atoms with Crippen molar-refractivity contribution in [2.45, 2.75) is 6.61 Å². The van der Waals surface area contributed by atoms with Gasteiger partial charge in [0.15, 0.2) is 6.29 Å². The molecule has 3 rings (SSSR count). The van der Waals surface area contributed by atoms with Gasteiger partial charge in [-0.25, -0.2) is 4.79 Å². The molecule has 0 bridgehead atoms. The van der Waals surface area contributed by atoms with Gasteiger partial charge in [0.25, 0.3) is 5.69 Å². The summed E-state index contributed by atoms with van der Waals surface area (Å²) in [4.78, 5) is 33.9. The van der Waals surface area contributed by atoms with Gasteiger partial charge >= 0.3 is 5.97 Å². The molecule has 0 aliphatic rings. The van der Waals surface area contributed by atoms with Crippen molar-refractivity contribution < 1.29 is 23.7 Å². The molecule has 3 aromatic rings. The van der Waals surface area contributed by atoms with Crippen molar-refractivity contribution in [1.29, 1.82) is 0 Å². The molecule has 0 saturated carbocycles. The Hall–Kier alpha value is -3.74. The zero-order valence-corrected chi connectivity index (χ0v) is 13.5. The number of benzene rings is 2. The Morgan fingerprint density at radius 3 is 2.58 bits per heavy atom. The number of nitrogens with zero attached hydrogens (tertiary/aromatic N) is 1. The van der Waals surface area contributed by atoms with Gasteiger partial charge in [0, 0.05) is 6.07 Å². The first-order valence-electron chi connectivity index (χ1n) is 7.61. The zero-order valence-electron chi connectivity index (χ0n) is 13.5. The fraction of sp³-hybridized carbons (Fsp3) is 0.0526. The Labute approximate surface area is 148 Å². The van der Waals surface area contributed by atoms with E-state index in [9.17, 15) is 19.7 Å². The predicted molar refractivity (Wildman–Crippen MR) is 91.7 cm³/mol. The van der Waals surface area contributed by atoms with Gasteiger partial charge in [-0.2, -0.15) is 0 Å². The van der Waals surface area contributed by atoms with Crippen LogP contribution in [0.2, 0.25) is 0 Å². The summed E-state index contributed by atoms with van der Waals surface area (Å²) in [5.41, 5.74) is 1.59. The van der Waals surface area contributed by atoms with E-state index in [4.69, 9.17) is 9.15 Å². The molecule has 7 nitrogen and oxygen atoms in total. The molecule has 0 amide bonds. The first kappa shape index (κ1) is 17.1. The van der Waals surface area contributed by atoms with E-state index in [0.29, 0.717) is 23.0 Å². The van der Waals surface area contributed by atoms with Crippen molar-refractivity contribution in [1.82, 2.24) is 0 Å². The van der Waals surface area contributed by atoms with E-state index in [1.54, 1.807) is 24.3 Å². The van der Waals surface area contributed by atoms with E-state index in [-0.39, 0.29) is 23.4 Å². The molecule has 0 aliphatic heterocycles. The summed E-state index contributed by atoms with van der Waals surface area (Å²) in [6.45, 7) is -0.146. The fourth-order valence-electron chi connectivity index (χ4n) is 2.52. The van der Waals surface area contributed by atoms with E-state index in [0.717, 1.165) is 0 Å². The summed E-state index contributed by atoms with van der Waals surface area (Å²) in [6, 6.07) is 13.1. The van der Waals surface area contributed by atoms with Gasteiger partial charge in [-0.15, -0.1) is 0 Å². The quantitative estimate of drug-likeness (QED) is 0.288. The summed E-state index contributed by atoms with van der Waals surface area (Å²) < 4.78 is 10.1. The maximum Gasteiger partial charge on any atom is 0.341 e. The fourth-order valence-corrected chi connectivity index (χ4v) is 2.52. The summed E-state index contributed by atoms with van der Waals surface area (Å²) >= 11 is 0. The Balaban J connectivity index is 2.00. The molecule has 0 atom stereocenters. The number of furan rings is 1. The molecular formula is C19H13NO6. The lowest BCUT2D eigenvalue weighted by atomic mass is 9.97. The monoisotopic (exact) mass is 351 g/mol. The number of nitro groups is 1. The SMILES string of the molecule is O=Cc1cc(COC(=O)c2ccoc2)c(-c2ccccc2)cc1[N+](=O)[O-]. The summed E-state index contributed by atoms with van der Waals surface area (Å²) in [5.74, 6) is -0.594. The van der Waals surface area contributed by atoms with E-state index < -0.39 is 10.9 Å². The third kappa shape index (κ3) is 3.51. The van der Waals surface area contributed by atoms with Crippen molar-refractivity contribution in [2.75, 3.05) is 0 Å². The van der Waals surface area contributed by atoms with Crippen LogP contribution in [-0.2, 0) is 11.3 Å². The number of hydrogen-bond acceptors (Lipinski definition) is 6. The second-order valence-electron chi connectivity index (χ2n) is 5.40. The molecule has 26 heavy (non-hydrogen) atoms. The van der Waals surface area contributed by atoms with E-state index in [1.807, 2.05) is 6.07 Å². The van der Waals surface area contributed by atoms with Crippen LogP contribution in [0.5, 0.6) is 0 Å². The van der Waals surface area contributed by atoms with Gasteiger partial charge in [0.05, 0.1) is 22.3 Å². The number of rotatable bonds is 6. The molecule has 130 valence electrons. The Kier molecular flexibility index (Phi) is 4.89. The number of carbonyl (C=O) groups excluding carboxylic acids is 2. The van der Waals surface area contributed by atoms with Crippen LogP contribution in [0.1, 0.15) is 26.3 Å². The molecule has 0 unspecified atom stereocenters. The minimum Gasteiger partial charge on any atom is -0.472 e. The minimum absolute atomic E-state index is 0.0796. The average molecular weight is 351 g/mol. The van der Waals surface area contributed by atoms with Crippen LogP contribution in [0, 0.1) is 10.1 Å². The van der Waals surface area contributed by atoms with Crippen LogP contribution < -0.4 is 0 Å². The maximum atomic E-state index is 12.0. The standard InChI is InChI=1S/C19H13NO6/c21-10-15-8-16(12-26-19(22)14-6-7-25-11-14)17(9-18(15)20(23)24)13-4-2-1-3-5-13/h1-11H,12H2. The summed E-state index contributed by atoms with van der Waals surface area (Å²) in [6.07, 6.45) is 3.02. The molecule has 0 aliphatic carbocycles. The van der Waals surface area contributed by atoms with Crippen LogP contribution in [0.4, 0.5) is 5.69 Å². The van der Waals surface area contributed by atoms with Gasteiger partial charge in [-0.1, -0.05) is 30.3 Å². The normalized spacial score (nSPS) is 10.3. The molecule has 0 N–H and O–H groups in total. The van der Waals surface area contributed by atoms with Crippen LogP contribution >= 0.6 is 0 Å². The molecule has 1 heterocycles. The highest BCUT2D eigenvalue weighted by molar-refractivity contribution is 5.89. The average Bonchev–Trinajstić information content (AvgIpc) is 3.20. The number of esters is 1. The number of ether oxygens (including phenoxy) is 1. The van der Waals surface area contributed by atoms with Gasteiger partial charge < -0.3 is 9.15 Å². The third-order valence-corrected chi connectivity index (χ3v) is 3.78. The summed E-state index contributed by atoms with van der Waals surface area (Å²) in [5, 5.41) is 11.2. The number of aldehydes is 1. The molecule has 0 fully saturated rings. The van der Waals surface area contributed by atoms with Crippen molar-refractivity contribution in [2.24, 2.45) is 0 Å². The maximum absolute atomic E-state index is 12.0. The van der Waals surface area contributed by atoms with E-state index >= 15 is 0 Å². The smallest absolute Gasteiger partial charge is 0.341 e. The van der Waals surface area contributed by atoms with E-state index in [2.05, 4.69) is 0 Å². The summed E-state index contributed by atoms with van der Waals surface area (Å²) in [7, 11) is 0. The Morgan fingerprint density at radius 1 is 1.19 bits per heavy atom. The number of nitro benzene ring substituents is 1. The predicted octanol–water partition coefficient (Wildman–Crippen LogP) is 4.02. The Bertz CT molecular complexity index is 948.